The van der Waals surface area contributed by atoms with Crippen molar-refractivity contribution < 1.29 is 23.9 Å². The van der Waals surface area contributed by atoms with E-state index >= 15 is 0 Å². The van der Waals surface area contributed by atoms with Crippen LogP contribution in [0.3, 0.4) is 0 Å². The molecule has 0 radical (unpaired) electrons. The van der Waals surface area contributed by atoms with Crippen molar-refractivity contribution in [2.24, 2.45) is 16.5 Å². The standard InChI is InChI=1S/C42H45N7O5S/c43-41(44)45-25-12-20-33(37(50)39-47-32-19-10-11-21-35(32)55-39)46-38(51)36-31(30-17-8-3-9-18-30)24-26-49(36)40(52)34(23-22-28-13-4-1-5-14-28)48-42(53)54-27-29-15-6-2-7-16-29/h1-11,13-19,21,31,33-34,36H,12,20,22-27H2,(H,46,51)(H,48,53)(H4,43,44,45)/t31-,33+,34-,36+/m1/s1. The van der Waals surface area contributed by atoms with Crippen LogP contribution in [0, 0.1) is 0 Å². The number of nitrogens with zero attached hydrogens (tertiary/aromatic N) is 3. The molecule has 0 spiro atoms. The molecule has 4 atom stereocenters. The smallest absolute Gasteiger partial charge is 0.408 e. The number of Topliss-reactive ketones (excluding diaryl/α,β-unsaturated/α-hetero) is 1. The van der Waals surface area contributed by atoms with Gasteiger partial charge in [-0.1, -0.05) is 103 Å². The number of hydrogen-bond acceptors (Lipinski definition) is 8. The zero-order valence-electron chi connectivity index (χ0n) is 30.4. The Morgan fingerprint density at radius 3 is 2.16 bits per heavy atom. The molecule has 3 amide bonds. The van der Waals surface area contributed by atoms with Gasteiger partial charge in [0.2, 0.25) is 17.6 Å². The number of benzene rings is 4. The zero-order valence-corrected chi connectivity index (χ0v) is 31.2. The van der Waals surface area contributed by atoms with Gasteiger partial charge in [-0.25, -0.2) is 9.78 Å². The number of thiazole rings is 1. The number of guanidine groups is 1. The number of aromatic nitrogens is 1. The highest BCUT2D eigenvalue weighted by Gasteiger charge is 2.45. The molecule has 13 heteroatoms. The maximum Gasteiger partial charge on any atom is 0.408 e. The fourth-order valence-corrected chi connectivity index (χ4v) is 7.85. The Morgan fingerprint density at radius 1 is 0.818 bits per heavy atom. The predicted octanol–water partition coefficient (Wildman–Crippen LogP) is 5.33. The summed E-state index contributed by atoms with van der Waals surface area (Å²) in [6.45, 7) is 0.558. The van der Waals surface area contributed by atoms with Gasteiger partial charge in [0.25, 0.3) is 0 Å². The Morgan fingerprint density at radius 2 is 1.47 bits per heavy atom. The Kier molecular flexibility index (Phi) is 13.2. The second-order valence-corrected chi connectivity index (χ2v) is 14.5. The Balaban J connectivity index is 1.27. The molecule has 1 fully saturated rings. The highest BCUT2D eigenvalue weighted by atomic mass is 32.1. The first-order valence-corrected chi connectivity index (χ1v) is 19.2. The Bertz CT molecular complexity index is 2060. The lowest BCUT2D eigenvalue weighted by Gasteiger charge is -2.32. The third-order valence-electron chi connectivity index (χ3n) is 9.63. The maximum absolute atomic E-state index is 14.6. The summed E-state index contributed by atoms with van der Waals surface area (Å²) in [7, 11) is 0. The van der Waals surface area contributed by atoms with Crippen molar-refractivity contribution in [1.82, 2.24) is 20.5 Å². The van der Waals surface area contributed by atoms with Gasteiger partial charge in [-0.15, -0.1) is 11.3 Å². The van der Waals surface area contributed by atoms with Gasteiger partial charge in [0, 0.05) is 19.0 Å². The van der Waals surface area contributed by atoms with Crippen molar-refractivity contribution in [2.45, 2.75) is 62.8 Å². The van der Waals surface area contributed by atoms with Crippen LogP contribution in [0.25, 0.3) is 10.2 Å². The number of carbonyl (C=O) groups is 4. The average molecular weight is 760 g/mol. The van der Waals surface area contributed by atoms with Gasteiger partial charge < -0.3 is 31.7 Å². The normalized spacial score (nSPS) is 16.2. The predicted molar refractivity (Wildman–Crippen MR) is 213 cm³/mol. The highest BCUT2D eigenvalue weighted by Crippen LogP contribution is 2.35. The van der Waals surface area contributed by atoms with Crippen LogP contribution in [0.4, 0.5) is 4.79 Å². The minimum Gasteiger partial charge on any atom is -0.445 e. The number of fused-ring (bicyclic) bond motifs is 1. The summed E-state index contributed by atoms with van der Waals surface area (Å²) in [5.41, 5.74) is 14.5. The number of carbonyl (C=O) groups excluding carboxylic acids is 4. The molecule has 2 heterocycles. The number of rotatable bonds is 16. The van der Waals surface area contributed by atoms with Crippen molar-refractivity contribution in [3.05, 3.63) is 137 Å². The van der Waals surface area contributed by atoms with Crippen LogP contribution in [-0.2, 0) is 27.4 Å². The molecule has 6 N–H and O–H groups in total. The second-order valence-electron chi connectivity index (χ2n) is 13.4. The summed E-state index contributed by atoms with van der Waals surface area (Å²) < 4.78 is 6.38. The number of ether oxygens (including phenoxy) is 1. The lowest BCUT2D eigenvalue weighted by atomic mass is 9.90. The maximum atomic E-state index is 14.6. The summed E-state index contributed by atoms with van der Waals surface area (Å²) >= 11 is 1.26. The van der Waals surface area contributed by atoms with Crippen LogP contribution in [0.5, 0.6) is 0 Å². The van der Waals surface area contributed by atoms with Gasteiger partial charge >= 0.3 is 6.09 Å². The number of likely N-dealkylation sites (tertiary alicyclic amines) is 1. The molecule has 1 aliphatic rings. The van der Waals surface area contributed by atoms with E-state index in [1.807, 2.05) is 115 Å². The monoisotopic (exact) mass is 759 g/mol. The van der Waals surface area contributed by atoms with E-state index < -0.39 is 36.0 Å². The molecule has 1 aromatic heterocycles. The highest BCUT2D eigenvalue weighted by molar-refractivity contribution is 7.20. The van der Waals surface area contributed by atoms with Gasteiger partial charge in [-0.05, 0) is 60.9 Å². The van der Waals surface area contributed by atoms with Crippen LogP contribution in [0.15, 0.2) is 120 Å². The molecule has 1 aliphatic heterocycles. The Labute approximate surface area is 324 Å². The van der Waals surface area contributed by atoms with E-state index in [2.05, 4.69) is 20.6 Å². The van der Waals surface area contributed by atoms with Crippen LogP contribution >= 0.6 is 11.3 Å². The van der Waals surface area contributed by atoms with E-state index in [0.29, 0.717) is 24.8 Å². The fourth-order valence-electron chi connectivity index (χ4n) is 6.89. The third kappa shape index (κ3) is 10.3. The number of hydrogen-bond donors (Lipinski definition) is 4. The topological polar surface area (TPSA) is 182 Å². The van der Waals surface area contributed by atoms with Crippen LogP contribution in [0.1, 0.15) is 58.1 Å². The number of nitrogens with one attached hydrogen (secondary N) is 2. The molecular formula is C42H45N7O5S. The molecule has 5 aromatic rings. The number of para-hydroxylation sites is 1. The fraction of sp³-hybridized carbons (Fsp3) is 0.286. The van der Waals surface area contributed by atoms with Gasteiger partial charge in [0.15, 0.2) is 11.0 Å². The number of aliphatic imine (C=N–C) groups is 1. The van der Waals surface area contributed by atoms with E-state index in [-0.39, 0.29) is 55.2 Å². The van der Waals surface area contributed by atoms with E-state index in [1.54, 1.807) is 4.90 Å². The molecule has 1 saturated heterocycles. The average Bonchev–Trinajstić information content (AvgIpc) is 3.86. The molecule has 0 aliphatic carbocycles. The second kappa shape index (κ2) is 18.8. The lowest BCUT2D eigenvalue weighted by Crippen LogP contribution is -2.56. The molecule has 0 unspecified atom stereocenters. The molecule has 284 valence electrons. The summed E-state index contributed by atoms with van der Waals surface area (Å²) in [6.07, 6.45) is 1.18. The van der Waals surface area contributed by atoms with Crippen molar-refractivity contribution in [2.75, 3.05) is 13.1 Å². The number of nitrogens with two attached hydrogens (primary N) is 2. The van der Waals surface area contributed by atoms with Crippen LogP contribution in [0.2, 0.25) is 0 Å². The van der Waals surface area contributed by atoms with Crippen LogP contribution < -0.4 is 22.1 Å². The molecule has 4 aromatic carbocycles. The SMILES string of the molecule is NC(N)=NCCC[C@H](NC(=O)[C@@H]1[C@@H](c2ccccc2)CCN1C(=O)[C@@H](CCc1ccccc1)NC(=O)OCc1ccccc1)C(=O)c1nc2ccccc2s1. The molecule has 0 bridgehead atoms. The summed E-state index contributed by atoms with van der Waals surface area (Å²) in [6, 6.07) is 33.0. The number of ketones is 1. The third-order valence-corrected chi connectivity index (χ3v) is 10.7. The minimum atomic E-state index is -0.993. The summed E-state index contributed by atoms with van der Waals surface area (Å²) in [4.78, 5) is 66.7. The van der Waals surface area contributed by atoms with E-state index in [1.165, 1.54) is 11.3 Å². The Hall–Kier alpha value is -6.08. The molecule has 0 saturated carbocycles. The van der Waals surface area contributed by atoms with Gasteiger partial charge in [0.1, 0.15) is 18.7 Å². The van der Waals surface area contributed by atoms with Crippen molar-refractivity contribution in [3.63, 3.8) is 0 Å². The van der Waals surface area contributed by atoms with E-state index in [9.17, 15) is 19.2 Å². The van der Waals surface area contributed by atoms with Crippen molar-refractivity contribution >= 4 is 51.2 Å². The summed E-state index contributed by atoms with van der Waals surface area (Å²) in [5.74, 6) is -1.66. The van der Waals surface area contributed by atoms with Gasteiger partial charge in [-0.3, -0.25) is 19.4 Å². The number of alkyl carbamates (subject to hydrolysis) is 1. The first-order valence-electron chi connectivity index (χ1n) is 18.4. The van der Waals surface area contributed by atoms with Crippen molar-refractivity contribution in [1.29, 1.82) is 0 Å². The first-order chi connectivity index (χ1) is 26.8. The summed E-state index contributed by atoms with van der Waals surface area (Å²) in [5, 5.41) is 6.09. The minimum absolute atomic E-state index is 0.0321. The molecule has 6 rings (SSSR count). The molecule has 12 nitrogen and oxygen atoms in total. The number of amides is 3. The lowest BCUT2D eigenvalue weighted by molar-refractivity contribution is -0.140. The molecule has 55 heavy (non-hydrogen) atoms. The van der Waals surface area contributed by atoms with Gasteiger partial charge in [0.05, 0.1) is 16.3 Å². The molecular weight excluding hydrogens is 715 g/mol. The van der Waals surface area contributed by atoms with E-state index in [4.69, 9.17) is 16.2 Å². The largest absolute Gasteiger partial charge is 0.445 e. The van der Waals surface area contributed by atoms with Gasteiger partial charge in [-0.2, -0.15) is 0 Å². The zero-order chi connectivity index (χ0) is 38.6. The number of aryl methyl sites for hydroxylation is 1. The van der Waals surface area contributed by atoms with E-state index in [0.717, 1.165) is 21.4 Å². The van der Waals surface area contributed by atoms with Crippen LogP contribution in [-0.4, -0.2) is 70.7 Å². The quantitative estimate of drug-likeness (QED) is 0.0451. The van der Waals surface area contributed by atoms with Crippen molar-refractivity contribution in [3.8, 4) is 0 Å². The first kappa shape index (κ1) is 38.6.